The molecule has 0 radical (unpaired) electrons. The van der Waals surface area contributed by atoms with Crippen molar-refractivity contribution in [2.75, 3.05) is 32.7 Å². The number of benzene rings is 1. The fourth-order valence-electron chi connectivity index (χ4n) is 4.37. The second-order valence-corrected chi connectivity index (χ2v) is 10.6. The van der Waals surface area contributed by atoms with E-state index in [1.165, 1.54) is 22.1 Å². The van der Waals surface area contributed by atoms with Gasteiger partial charge in [-0.2, -0.15) is 4.31 Å². The fraction of sp³-hybridized carbons (Fsp3) is 0.542. The van der Waals surface area contributed by atoms with Gasteiger partial charge in [0, 0.05) is 32.9 Å². The molecule has 1 saturated heterocycles. The summed E-state index contributed by atoms with van der Waals surface area (Å²) >= 11 is 0. The minimum absolute atomic E-state index is 0.0896. The first-order chi connectivity index (χ1) is 15.3. The van der Waals surface area contributed by atoms with Crippen molar-refractivity contribution in [2.45, 2.75) is 44.6 Å². The highest BCUT2D eigenvalue weighted by Gasteiger charge is 2.27. The van der Waals surface area contributed by atoms with Gasteiger partial charge in [0.15, 0.2) is 0 Å². The summed E-state index contributed by atoms with van der Waals surface area (Å²) in [6, 6.07) is 11.8. The number of hydrogen-bond acceptors (Lipinski definition) is 4. The van der Waals surface area contributed by atoms with E-state index in [0.717, 1.165) is 31.8 Å². The Morgan fingerprint density at radius 1 is 1.16 bits per heavy atom. The fourth-order valence-corrected chi connectivity index (χ4v) is 5.90. The van der Waals surface area contributed by atoms with Crippen molar-refractivity contribution in [1.82, 2.24) is 19.1 Å². The lowest BCUT2D eigenvalue weighted by Crippen LogP contribution is -2.42. The maximum absolute atomic E-state index is 13.0. The van der Waals surface area contributed by atoms with Gasteiger partial charge in [0.2, 0.25) is 10.0 Å². The van der Waals surface area contributed by atoms with Crippen LogP contribution in [0, 0.1) is 5.92 Å². The van der Waals surface area contributed by atoms with Crippen molar-refractivity contribution in [3.05, 3.63) is 53.9 Å². The Kier molecular flexibility index (Phi) is 8.14. The van der Waals surface area contributed by atoms with Gasteiger partial charge in [0.25, 0.3) is 5.91 Å². The zero-order valence-corrected chi connectivity index (χ0v) is 20.4. The predicted molar refractivity (Wildman–Crippen MR) is 127 cm³/mol. The lowest BCUT2D eigenvalue weighted by Gasteiger charge is -2.37. The summed E-state index contributed by atoms with van der Waals surface area (Å²) in [7, 11) is -1.90. The third-order valence-corrected chi connectivity index (χ3v) is 8.47. The summed E-state index contributed by atoms with van der Waals surface area (Å²) in [5.74, 6) is 0.464. The third-order valence-electron chi connectivity index (χ3n) is 6.45. The number of piperidine rings is 1. The molecule has 0 saturated carbocycles. The number of aryl methyl sites for hydroxylation is 1. The van der Waals surface area contributed by atoms with Crippen LogP contribution < -0.4 is 5.32 Å². The van der Waals surface area contributed by atoms with E-state index in [2.05, 4.69) is 29.3 Å². The summed E-state index contributed by atoms with van der Waals surface area (Å²) in [4.78, 5) is 15.6. The molecule has 176 valence electrons. The Hall–Kier alpha value is -2.16. The zero-order valence-electron chi connectivity index (χ0n) is 19.6. The van der Waals surface area contributed by atoms with Crippen LogP contribution in [0.4, 0.5) is 0 Å². The average Bonchev–Trinajstić information content (AvgIpc) is 3.19. The molecule has 2 aromatic rings. The molecule has 0 aliphatic carbocycles. The average molecular weight is 461 g/mol. The van der Waals surface area contributed by atoms with Gasteiger partial charge < -0.3 is 9.88 Å². The second-order valence-electron chi connectivity index (χ2n) is 8.62. The Bertz CT molecular complexity index is 992. The van der Waals surface area contributed by atoms with Crippen LogP contribution in [0.15, 0.2) is 47.5 Å². The minimum Gasteiger partial charge on any atom is -0.349 e. The van der Waals surface area contributed by atoms with Crippen molar-refractivity contribution in [2.24, 2.45) is 13.0 Å². The molecular formula is C24H36N4O3S. The van der Waals surface area contributed by atoms with Crippen LogP contribution in [0.2, 0.25) is 0 Å². The van der Waals surface area contributed by atoms with Gasteiger partial charge in [0.1, 0.15) is 10.6 Å². The highest BCUT2D eigenvalue weighted by Crippen LogP contribution is 2.26. The first-order valence-corrected chi connectivity index (χ1v) is 13.0. The molecule has 3 rings (SSSR count). The van der Waals surface area contributed by atoms with Crippen molar-refractivity contribution in [3.8, 4) is 0 Å². The van der Waals surface area contributed by atoms with Gasteiger partial charge in [0.05, 0.1) is 6.04 Å². The van der Waals surface area contributed by atoms with Gasteiger partial charge in [-0.05, 0) is 43.5 Å². The lowest BCUT2D eigenvalue weighted by molar-refractivity contribution is 0.0905. The highest BCUT2D eigenvalue weighted by molar-refractivity contribution is 7.89. The number of nitrogens with zero attached hydrogens (tertiary/aromatic N) is 3. The van der Waals surface area contributed by atoms with Gasteiger partial charge in [-0.1, -0.05) is 51.1 Å². The smallest absolute Gasteiger partial charge is 0.268 e. The highest BCUT2D eigenvalue weighted by atomic mass is 32.2. The molecule has 0 spiro atoms. The molecule has 0 bridgehead atoms. The number of nitrogens with one attached hydrogen (secondary N) is 1. The lowest BCUT2D eigenvalue weighted by atomic mass is 9.95. The largest absolute Gasteiger partial charge is 0.349 e. The van der Waals surface area contributed by atoms with Gasteiger partial charge in [-0.3, -0.25) is 9.69 Å². The molecule has 2 heterocycles. The summed E-state index contributed by atoms with van der Waals surface area (Å²) in [6.45, 7) is 9.17. The van der Waals surface area contributed by atoms with Crippen molar-refractivity contribution in [1.29, 1.82) is 0 Å². The first kappa shape index (κ1) is 24.5. The maximum Gasteiger partial charge on any atom is 0.268 e. The number of carbonyl (C=O) groups is 1. The summed E-state index contributed by atoms with van der Waals surface area (Å²) in [5, 5.41) is 3.06. The van der Waals surface area contributed by atoms with Gasteiger partial charge in [-0.15, -0.1) is 0 Å². The molecule has 1 aliphatic heterocycles. The van der Waals surface area contributed by atoms with E-state index in [1.807, 2.05) is 32.0 Å². The first-order valence-electron chi connectivity index (χ1n) is 11.5. The van der Waals surface area contributed by atoms with E-state index in [4.69, 9.17) is 0 Å². The summed E-state index contributed by atoms with van der Waals surface area (Å²) < 4.78 is 28.7. The SMILES string of the molecule is CCN(CC)S(=O)(=O)c1cc(C(=O)NCC(c2ccccc2)N2CCC(C)CC2)n(C)c1. The summed E-state index contributed by atoms with van der Waals surface area (Å²) in [6.07, 6.45) is 3.83. The number of rotatable bonds is 9. The molecule has 1 unspecified atom stereocenters. The van der Waals surface area contributed by atoms with Crippen LogP contribution in [-0.2, 0) is 17.1 Å². The number of sulfonamides is 1. The van der Waals surface area contributed by atoms with Crippen LogP contribution in [-0.4, -0.2) is 60.8 Å². The van der Waals surface area contributed by atoms with E-state index in [1.54, 1.807) is 11.6 Å². The maximum atomic E-state index is 13.0. The standard InChI is InChI=1S/C24H36N4O3S/c1-5-28(6-2)32(30,31)21-16-22(26(4)18-21)24(29)25-17-23(20-10-8-7-9-11-20)27-14-12-19(3)13-15-27/h7-11,16,18-19,23H,5-6,12-15,17H2,1-4H3,(H,25,29). The summed E-state index contributed by atoms with van der Waals surface area (Å²) in [5.41, 5.74) is 1.52. The third kappa shape index (κ3) is 5.42. The molecule has 1 aromatic carbocycles. The van der Waals surface area contributed by atoms with Crippen molar-refractivity contribution < 1.29 is 13.2 Å². The van der Waals surface area contributed by atoms with Crippen LogP contribution in [0.3, 0.4) is 0 Å². The van der Waals surface area contributed by atoms with E-state index in [0.29, 0.717) is 25.3 Å². The second kappa shape index (κ2) is 10.6. The molecule has 8 heteroatoms. The Morgan fingerprint density at radius 3 is 2.38 bits per heavy atom. The monoisotopic (exact) mass is 460 g/mol. The molecule has 7 nitrogen and oxygen atoms in total. The minimum atomic E-state index is -3.61. The van der Waals surface area contributed by atoms with Gasteiger partial charge in [-0.25, -0.2) is 8.42 Å². The predicted octanol–water partition coefficient (Wildman–Crippen LogP) is 3.26. The van der Waals surface area contributed by atoms with E-state index in [9.17, 15) is 13.2 Å². The van der Waals surface area contributed by atoms with Crippen LogP contribution in [0.5, 0.6) is 0 Å². The molecule has 1 N–H and O–H groups in total. The Balaban J connectivity index is 1.76. The molecular weight excluding hydrogens is 424 g/mol. The van der Waals surface area contributed by atoms with Crippen molar-refractivity contribution in [3.63, 3.8) is 0 Å². The van der Waals surface area contributed by atoms with Crippen LogP contribution >= 0.6 is 0 Å². The van der Waals surface area contributed by atoms with E-state index < -0.39 is 10.0 Å². The number of likely N-dealkylation sites (tertiary alicyclic amines) is 1. The van der Waals surface area contributed by atoms with Crippen molar-refractivity contribution >= 4 is 15.9 Å². The number of hydrogen-bond donors (Lipinski definition) is 1. The van der Waals surface area contributed by atoms with E-state index >= 15 is 0 Å². The zero-order chi connectivity index (χ0) is 23.3. The molecule has 1 fully saturated rings. The van der Waals surface area contributed by atoms with Gasteiger partial charge >= 0.3 is 0 Å². The topological polar surface area (TPSA) is 74.7 Å². The van der Waals surface area contributed by atoms with Crippen LogP contribution in [0.1, 0.15) is 55.7 Å². The molecule has 1 atom stereocenters. The van der Waals surface area contributed by atoms with Crippen LogP contribution in [0.25, 0.3) is 0 Å². The number of amides is 1. The Morgan fingerprint density at radius 2 is 1.78 bits per heavy atom. The molecule has 1 aromatic heterocycles. The normalized spacial score (nSPS) is 16.9. The quantitative estimate of drug-likeness (QED) is 0.623. The number of carbonyl (C=O) groups excluding carboxylic acids is 1. The molecule has 32 heavy (non-hydrogen) atoms. The number of aromatic nitrogens is 1. The van der Waals surface area contributed by atoms with E-state index in [-0.39, 0.29) is 16.8 Å². The molecule has 1 aliphatic rings. The Labute approximate surface area is 192 Å². The molecule has 1 amide bonds.